The van der Waals surface area contributed by atoms with Gasteiger partial charge in [0.1, 0.15) is 5.60 Å². The second-order valence-corrected chi connectivity index (χ2v) is 8.59. The molecule has 0 bridgehead atoms. The molecule has 1 aromatic carbocycles. The molecule has 0 atom stereocenters. The van der Waals surface area contributed by atoms with Crippen LogP contribution in [0.15, 0.2) is 36.5 Å². The first-order valence-electron chi connectivity index (χ1n) is 10.8. The van der Waals surface area contributed by atoms with Crippen molar-refractivity contribution in [2.75, 3.05) is 37.7 Å². The van der Waals surface area contributed by atoms with Crippen molar-refractivity contribution >= 4 is 17.4 Å². The van der Waals surface area contributed by atoms with Gasteiger partial charge in [-0.3, -0.25) is 4.79 Å². The van der Waals surface area contributed by atoms with Crippen molar-refractivity contribution in [3.05, 3.63) is 58.9 Å². The molecule has 6 nitrogen and oxygen atoms in total. The summed E-state index contributed by atoms with van der Waals surface area (Å²) in [5.74, 6) is 0.889. The number of nitrogens with zero attached hydrogens (tertiary/aromatic N) is 4. The van der Waals surface area contributed by atoms with E-state index in [1.165, 1.54) is 16.7 Å². The zero-order valence-electron chi connectivity index (χ0n) is 17.7. The Hall–Kier alpha value is -2.73. The quantitative estimate of drug-likeness (QED) is 0.787. The maximum atomic E-state index is 13.5. The van der Waals surface area contributed by atoms with Crippen molar-refractivity contribution in [3.8, 4) is 0 Å². The molecular formula is C24H28N4O2. The summed E-state index contributed by atoms with van der Waals surface area (Å²) in [6.07, 6.45) is 6.45. The third-order valence-electron chi connectivity index (χ3n) is 6.78. The molecular weight excluding hydrogens is 376 g/mol. The summed E-state index contributed by atoms with van der Waals surface area (Å²) in [7, 11) is 0. The summed E-state index contributed by atoms with van der Waals surface area (Å²) < 4.78 is 6.13. The lowest BCUT2D eigenvalue weighted by molar-refractivity contribution is -0.174. The first-order valence-corrected chi connectivity index (χ1v) is 10.8. The zero-order valence-corrected chi connectivity index (χ0v) is 17.7. The van der Waals surface area contributed by atoms with Gasteiger partial charge >= 0.3 is 0 Å². The number of anilines is 1. The number of morpholine rings is 1. The summed E-state index contributed by atoms with van der Waals surface area (Å²) >= 11 is 0. The van der Waals surface area contributed by atoms with Crippen LogP contribution in [0.3, 0.4) is 0 Å². The van der Waals surface area contributed by atoms with Crippen LogP contribution in [0.5, 0.6) is 0 Å². The van der Waals surface area contributed by atoms with Gasteiger partial charge in [0.25, 0.3) is 5.91 Å². The third kappa shape index (κ3) is 3.29. The van der Waals surface area contributed by atoms with Crippen molar-refractivity contribution in [2.45, 2.75) is 38.7 Å². The lowest BCUT2D eigenvalue weighted by Crippen LogP contribution is -2.61. The van der Waals surface area contributed by atoms with Crippen molar-refractivity contribution < 1.29 is 9.53 Å². The first-order chi connectivity index (χ1) is 14.6. The van der Waals surface area contributed by atoms with Crippen molar-refractivity contribution in [1.82, 2.24) is 14.9 Å². The molecule has 3 aliphatic rings. The Morgan fingerprint density at radius 2 is 1.93 bits per heavy atom. The average molecular weight is 405 g/mol. The van der Waals surface area contributed by atoms with Crippen LogP contribution in [0.2, 0.25) is 0 Å². The topological polar surface area (TPSA) is 58.6 Å². The minimum atomic E-state index is -0.701. The van der Waals surface area contributed by atoms with Crippen LogP contribution >= 0.6 is 0 Å². The van der Waals surface area contributed by atoms with Crippen LogP contribution in [0.25, 0.3) is 5.57 Å². The van der Waals surface area contributed by atoms with Gasteiger partial charge in [-0.2, -0.15) is 0 Å². The van der Waals surface area contributed by atoms with Crippen LogP contribution in [0, 0.1) is 13.8 Å². The molecule has 1 spiro atoms. The SMILES string of the molecule is Cc1cnc(N2CCC3(CC2)OCCN(CC2=CCc4ccccc42)C3=O)nc1C. The van der Waals surface area contributed by atoms with Crippen LogP contribution in [-0.4, -0.2) is 59.2 Å². The molecule has 0 unspecified atom stereocenters. The third-order valence-corrected chi connectivity index (χ3v) is 6.78. The number of benzene rings is 1. The lowest BCUT2D eigenvalue weighted by atomic mass is 9.88. The molecule has 6 heteroatoms. The summed E-state index contributed by atoms with van der Waals surface area (Å²) in [6, 6.07) is 8.49. The van der Waals surface area contributed by atoms with Gasteiger partial charge in [0, 0.05) is 50.9 Å². The Kier molecular flexibility index (Phi) is 4.82. The van der Waals surface area contributed by atoms with Gasteiger partial charge in [-0.05, 0) is 42.5 Å². The number of rotatable bonds is 3. The number of hydrogen-bond acceptors (Lipinski definition) is 5. The molecule has 1 amide bonds. The van der Waals surface area contributed by atoms with Crippen LogP contribution in [0.4, 0.5) is 5.95 Å². The van der Waals surface area contributed by atoms with Crippen LogP contribution in [-0.2, 0) is 16.0 Å². The number of fused-ring (bicyclic) bond motifs is 1. The minimum absolute atomic E-state index is 0.139. The average Bonchev–Trinajstić information content (AvgIpc) is 3.17. The highest BCUT2D eigenvalue weighted by molar-refractivity contribution is 5.88. The highest BCUT2D eigenvalue weighted by Gasteiger charge is 2.47. The molecule has 2 aliphatic heterocycles. The van der Waals surface area contributed by atoms with Gasteiger partial charge < -0.3 is 14.5 Å². The molecule has 30 heavy (non-hydrogen) atoms. The van der Waals surface area contributed by atoms with E-state index < -0.39 is 5.60 Å². The van der Waals surface area contributed by atoms with E-state index in [2.05, 4.69) is 45.2 Å². The van der Waals surface area contributed by atoms with Gasteiger partial charge in [0.2, 0.25) is 5.95 Å². The van der Waals surface area contributed by atoms with E-state index in [0.717, 1.165) is 36.7 Å². The van der Waals surface area contributed by atoms with E-state index in [1.807, 2.05) is 24.9 Å². The predicted octanol–water partition coefficient (Wildman–Crippen LogP) is 2.93. The zero-order chi connectivity index (χ0) is 20.7. The standard InChI is InChI=1S/C24H28N4O2/c1-17-15-25-23(26-18(17)2)27-11-9-24(10-12-27)22(29)28(13-14-30-24)16-20-8-7-19-5-3-4-6-21(19)20/h3-6,8,15H,7,9-14,16H2,1-2H3. The number of amides is 1. The fraction of sp³-hybridized carbons (Fsp3) is 0.458. The van der Waals surface area contributed by atoms with Crippen LogP contribution in [0.1, 0.15) is 35.2 Å². The molecule has 1 aromatic heterocycles. The molecule has 156 valence electrons. The smallest absolute Gasteiger partial charge is 0.255 e. The fourth-order valence-electron chi connectivity index (χ4n) is 4.76. The van der Waals surface area contributed by atoms with E-state index >= 15 is 0 Å². The van der Waals surface area contributed by atoms with Crippen LogP contribution < -0.4 is 4.90 Å². The molecule has 0 saturated carbocycles. The number of hydrogen-bond donors (Lipinski definition) is 0. The van der Waals surface area contributed by atoms with E-state index in [1.54, 1.807) is 0 Å². The van der Waals surface area contributed by atoms with E-state index in [4.69, 9.17) is 4.74 Å². The second kappa shape index (κ2) is 7.51. The molecule has 5 rings (SSSR count). The highest BCUT2D eigenvalue weighted by Crippen LogP contribution is 2.34. The minimum Gasteiger partial charge on any atom is -0.363 e. The summed E-state index contributed by atoms with van der Waals surface area (Å²) in [4.78, 5) is 26.8. The number of piperidine rings is 1. The second-order valence-electron chi connectivity index (χ2n) is 8.59. The Labute approximate surface area is 177 Å². The van der Waals surface area contributed by atoms with Crippen molar-refractivity contribution in [1.29, 1.82) is 0 Å². The van der Waals surface area contributed by atoms with Gasteiger partial charge in [-0.25, -0.2) is 9.97 Å². The molecule has 1 aliphatic carbocycles. The van der Waals surface area contributed by atoms with E-state index in [0.29, 0.717) is 32.5 Å². The van der Waals surface area contributed by atoms with Gasteiger partial charge in [-0.1, -0.05) is 30.3 Å². The normalized spacial score (nSPS) is 20.5. The number of allylic oxidation sites excluding steroid dienone is 1. The lowest BCUT2D eigenvalue weighted by Gasteiger charge is -2.46. The molecule has 3 heterocycles. The fourth-order valence-corrected chi connectivity index (χ4v) is 4.76. The Morgan fingerprint density at radius 3 is 2.73 bits per heavy atom. The molecule has 0 radical (unpaired) electrons. The molecule has 2 saturated heterocycles. The summed E-state index contributed by atoms with van der Waals surface area (Å²) in [5, 5.41) is 0. The summed E-state index contributed by atoms with van der Waals surface area (Å²) in [5.41, 5.74) is 5.29. The number of carbonyl (C=O) groups is 1. The van der Waals surface area contributed by atoms with Gasteiger partial charge in [0.05, 0.1) is 6.61 Å². The van der Waals surface area contributed by atoms with Gasteiger partial charge in [0.15, 0.2) is 0 Å². The highest BCUT2D eigenvalue weighted by atomic mass is 16.5. The van der Waals surface area contributed by atoms with Crippen molar-refractivity contribution in [3.63, 3.8) is 0 Å². The van der Waals surface area contributed by atoms with Gasteiger partial charge in [-0.15, -0.1) is 0 Å². The Bertz CT molecular complexity index is 1010. The van der Waals surface area contributed by atoms with E-state index in [9.17, 15) is 4.79 Å². The first kappa shape index (κ1) is 19.2. The largest absolute Gasteiger partial charge is 0.363 e. The monoisotopic (exact) mass is 404 g/mol. The maximum absolute atomic E-state index is 13.5. The van der Waals surface area contributed by atoms with E-state index in [-0.39, 0.29) is 5.91 Å². The number of ether oxygens (including phenoxy) is 1. The Morgan fingerprint density at radius 1 is 1.13 bits per heavy atom. The number of aryl methyl sites for hydroxylation is 2. The predicted molar refractivity (Wildman–Crippen MR) is 116 cm³/mol. The van der Waals surface area contributed by atoms with Crippen molar-refractivity contribution in [2.24, 2.45) is 0 Å². The number of aromatic nitrogens is 2. The Balaban J connectivity index is 1.28. The molecule has 2 fully saturated rings. The molecule has 0 N–H and O–H groups in total. The number of carbonyl (C=O) groups excluding carboxylic acids is 1. The molecule has 2 aromatic rings. The summed E-state index contributed by atoms with van der Waals surface area (Å²) in [6.45, 7) is 7.41. The maximum Gasteiger partial charge on any atom is 0.255 e.